The minimum Gasteiger partial charge on any atom is -0.479 e. The SMILES string of the molecule is COc1ncc(Nc2nc(N[C@H](C3CC3)[C@H](C)NC(=O)O)c(F)cc2C(N)=O)cc1-n1nccn1. The highest BCUT2D eigenvalue weighted by Gasteiger charge is 2.36. The summed E-state index contributed by atoms with van der Waals surface area (Å²) in [6, 6.07) is 1.68. The molecule has 35 heavy (non-hydrogen) atoms. The van der Waals surface area contributed by atoms with E-state index in [1.807, 2.05) is 0 Å². The zero-order valence-electron chi connectivity index (χ0n) is 18.9. The molecule has 3 heterocycles. The summed E-state index contributed by atoms with van der Waals surface area (Å²) in [5.74, 6) is -1.44. The first-order chi connectivity index (χ1) is 16.8. The molecule has 184 valence electrons. The van der Waals surface area contributed by atoms with E-state index < -0.39 is 29.9 Å². The lowest BCUT2D eigenvalue weighted by Gasteiger charge is -2.26. The Labute approximate surface area is 198 Å². The highest BCUT2D eigenvalue weighted by molar-refractivity contribution is 5.98. The van der Waals surface area contributed by atoms with Gasteiger partial charge in [-0.2, -0.15) is 10.2 Å². The average Bonchev–Trinajstić information content (AvgIpc) is 3.50. The van der Waals surface area contributed by atoms with Gasteiger partial charge in [-0.1, -0.05) is 0 Å². The fourth-order valence-corrected chi connectivity index (χ4v) is 3.71. The maximum atomic E-state index is 14.9. The zero-order valence-corrected chi connectivity index (χ0v) is 18.9. The van der Waals surface area contributed by atoms with Crippen LogP contribution in [0.5, 0.6) is 5.88 Å². The first-order valence-electron chi connectivity index (χ1n) is 10.7. The van der Waals surface area contributed by atoms with Gasteiger partial charge in [-0.15, -0.1) is 4.80 Å². The molecule has 2 atom stereocenters. The Morgan fingerprint density at radius 2 is 1.97 bits per heavy atom. The maximum absolute atomic E-state index is 14.9. The van der Waals surface area contributed by atoms with E-state index in [1.165, 1.54) is 30.5 Å². The largest absolute Gasteiger partial charge is 0.479 e. The predicted octanol–water partition coefficient (Wildman–Crippen LogP) is 1.89. The summed E-state index contributed by atoms with van der Waals surface area (Å²) in [5.41, 5.74) is 6.07. The van der Waals surface area contributed by atoms with E-state index in [1.54, 1.807) is 13.0 Å². The van der Waals surface area contributed by atoms with E-state index in [0.29, 0.717) is 11.4 Å². The van der Waals surface area contributed by atoms with E-state index in [0.717, 1.165) is 18.9 Å². The fraction of sp³-hybridized carbons (Fsp3) is 0.333. The van der Waals surface area contributed by atoms with Crippen LogP contribution in [0.1, 0.15) is 30.1 Å². The van der Waals surface area contributed by atoms with Crippen LogP contribution in [-0.4, -0.2) is 61.3 Å². The normalized spacial score (nSPS) is 14.6. The molecule has 0 aromatic carbocycles. The number of nitrogens with zero attached hydrogens (tertiary/aromatic N) is 5. The van der Waals surface area contributed by atoms with Crippen LogP contribution in [0.2, 0.25) is 0 Å². The number of hydrogen-bond acceptors (Lipinski definition) is 9. The molecule has 1 aliphatic carbocycles. The van der Waals surface area contributed by atoms with Gasteiger partial charge < -0.3 is 31.5 Å². The molecule has 4 rings (SSSR count). The van der Waals surface area contributed by atoms with Crippen molar-refractivity contribution in [3.63, 3.8) is 0 Å². The topological polar surface area (TPSA) is 182 Å². The van der Waals surface area contributed by atoms with Gasteiger partial charge in [0.15, 0.2) is 11.6 Å². The molecule has 1 aliphatic rings. The number of pyridine rings is 2. The van der Waals surface area contributed by atoms with Crippen molar-refractivity contribution >= 4 is 29.3 Å². The first kappa shape index (κ1) is 23.7. The smallest absolute Gasteiger partial charge is 0.404 e. The zero-order chi connectivity index (χ0) is 25.1. The summed E-state index contributed by atoms with van der Waals surface area (Å²) in [4.78, 5) is 32.9. The van der Waals surface area contributed by atoms with Crippen molar-refractivity contribution in [1.29, 1.82) is 0 Å². The van der Waals surface area contributed by atoms with Gasteiger partial charge in [-0.25, -0.2) is 19.2 Å². The van der Waals surface area contributed by atoms with Crippen molar-refractivity contribution in [3.8, 4) is 11.6 Å². The van der Waals surface area contributed by atoms with Crippen molar-refractivity contribution in [2.24, 2.45) is 11.7 Å². The summed E-state index contributed by atoms with van der Waals surface area (Å²) < 4.78 is 20.2. The number of carboxylic acid groups (broad SMARTS) is 1. The molecular weight excluding hydrogens is 461 g/mol. The summed E-state index contributed by atoms with van der Waals surface area (Å²) >= 11 is 0. The number of anilines is 3. The molecule has 6 N–H and O–H groups in total. The van der Waals surface area contributed by atoms with Crippen LogP contribution in [-0.2, 0) is 0 Å². The number of rotatable bonds is 10. The molecule has 0 bridgehead atoms. The minimum absolute atomic E-state index is 0.0128. The fourth-order valence-electron chi connectivity index (χ4n) is 3.71. The van der Waals surface area contributed by atoms with Crippen molar-refractivity contribution in [3.05, 3.63) is 42.1 Å². The molecule has 13 nitrogen and oxygen atoms in total. The number of halogens is 1. The molecule has 0 radical (unpaired) electrons. The van der Waals surface area contributed by atoms with Gasteiger partial charge in [-0.05, 0) is 37.8 Å². The quantitative estimate of drug-likeness (QED) is 0.284. The Morgan fingerprint density at radius 1 is 1.26 bits per heavy atom. The number of amides is 2. The average molecular weight is 485 g/mol. The Bertz CT molecular complexity index is 1230. The van der Waals surface area contributed by atoms with Crippen LogP contribution >= 0.6 is 0 Å². The van der Waals surface area contributed by atoms with Crippen molar-refractivity contribution in [2.45, 2.75) is 31.8 Å². The summed E-state index contributed by atoms with van der Waals surface area (Å²) in [6.45, 7) is 1.69. The third kappa shape index (κ3) is 5.37. The lowest BCUT2D eigenvalue weighted by Crippen LogP contribution is -2.45. The number of hydrogen-bond donors (Lipinski definition) is 5. The van der Waals surface area contributed by atoms with Gasteiger partial charge in [0, 0.05) is 6.04 Å². The van der Waals surface area contributed by atoms with Gasteiger partial charge in [0.05, 0.1) is 43.0 Å². The van der Waals surface area contributed by atoms with Crippen molar-refractivity contribution < 1.29 is 23.8 Å². The third-order valence-electron chi connectivity index (χ3n) is 5.49. The van der Waals surface area contributed by atoms with Crippen LogP contribution < -0.4 is 26.4 Å². The molecule has 0 aliphatic heterocycles. The molecule has 1 saturated carbocycles. The van der Waals surface area contributed by atoms with E-state index in [-0.39, 0.29) is 29.0 Å². The van der Waals surface area contributed by atoms with Crippen LogP contribution in [0.4, 0.5) is 26.5 Å². The Morgan fingerprint density at radius 3 is 2.57 bits per heavy atom. The van der Waals surface area contributed by atoms with Crippen LogP contribution in [0.25, 0.3) is 5.69 Å². The van der Waals surface area contributed by atoms with E-state index in [9.17, 15) is 14.0 Å². The number of carbonyl (C=O) groups excluding carboxylic acids is 1. The molecule has 2 amide bonds. The van der Waals surface area contributed by atoms with Gasteiger partial charge in [0.25, 0.3) is 5.91 Å². The molecule has 3 aromatic heterocycles. The van der Waals surface area contributed by atoms with Gasteiger partial charge in [0.1, 0.15) is 11.5 Å². The van der Waals surface area contributed by atoms with Gasteiger partial charge >= 0.3 is 6.09 Å². The first-order valence-corrected chi connectivity index (χ1v) is 10.7. The number of nitrogens with two attached hydrogens (primary N) is 1. The summed E-state index contributed by atoms with van der Waals surface area (Å²) in [7, 11) is 1.45. The second-order valence-corrected chi connectivity index (χ2v) is 8.02. The number of carbonyl (C=O) groups is 2. The number of ether oxygens (including phenoxy) is 1. The predicted molar refractivity (Wildman–Crippen MR) is 122 cm³/mol. The number of primary amides is 1. The highest BCUT2D eigenvalue weighted by Crippen LogP contribution is 2.36. The minimum atomic E-state index is -1.18. The molecule has 3 aromatic rings. The second kappa shape index (κ2) is 9.79. The standard InChI is InChI=1S/C21H24FN9O4/c1-10(27-21(33)34)16(11-3-4-11)29-19-14(22)8-13(17(23)32)18(30-19)28-12-7-15(20(35-2)24-9-12)31-25-5-6-26-31/h5-11,16,27H,3-4H2,1-2H3,(H2,23,32)(H,33,34)(H2,28,29,30)/t10-,16-/m0/s1. The van der Waals surface area contributed by atoms with Crippen LogP contribution in [0.15, 0.2) is 30.7 Å². The van der Waals surface area contributed by atoms with E-state index >= 15 is 0 Å². The summed E-state index contributed by atoms with van der Waals surface area (Å²) in [5, 5.41) is 25.5. The van der Waals surface area contributed by atoms with E-state index in [2.05, 4.69) is 36.1 Å². The number of aromatic nitrogens is 5. The lowest BCUT2D eigenvalue weighted by molar-refractivity contribution is 0.1000. The lowest BCUT2D eigenvalue weighted by atomic mass is 10.0. The van der Waals surface area contributed by atoms with Crippen LogP contribution in [0.3, 0.4) is 0 Å². The Hall–Kier alpha value is -4.49. The Balaban J connectivity index is 1.67. The monoisotopic (exact) mass is 485 g/mol. The van der Waals surface area contributed by atoms with Crippen molar-refractivity contribution in [2.75, 3.05) is 17.7 Å². The van der Waals surface area contributed by atoms with Gasteiger partial charge in [-0.3, -0.25) is 4.79 Å². The van der Waals surface area contributed by atoms with E-state index in [4.69, 9.17) is 15.6 Å². The third-order valence-corrected chi connectivity index (χ3v) is 5.49. The maximum Gasteiger partial charge on any atom is 0.404 e. The second-order valence-electron chi connectivity index (χ2n) is 8.02. The van der Waals surface area contributed by atoms with Gasteiger partial charge in [0.2, 0.25) is 5.88 Å². The molecule has 0 unspecified atom stereocenters. The van der Waals surface area contributed by atoms with Crippen molar-refractivity contribution in [1.82, 2.24) is 30.3 Å². The molecule has 14 heteroatoms. The summed E-state index contributed by atoms with van der Waals surface area (Å²) in [6.07, 6.45) is 4.97. The molecular formula is C21H24FN9O4. The van der Waals surface area contributed by atoms with Crippen LogP contribution in [0, 0.1) is 11.7 Å². The molecule has 0 saturated heterocycles. The number of nitrogens with one attached hydrogen (secondary N) is 3. The molecule has 0 spiro atoms. The highest BCUT2D eigenvalue weighted by atomic mass is 19.1. The Kier molecular flexibility index (Phi) is 6.62. The number of methoxy groups -OCH3 is 1. The molecule has 1 fully saturated rings.